The van der Waals surface area contributed by atoms with E-state index < -0.39 is 0 Å². The molecule has 16 heavy (non-hydrogen) atoms. The van der Waals surface area contributed by atoms with E-state index in [2.05, 4.69) is 31.2 Å². The minimum Gasteiger partial charge on any atom is -0.396 e. The highest BCUT2D eigenvalue weighted by Gasteiger charge is 2.22. The van der Waals surface area contributed by atoms with E-state index in [0.29, 0.717) is 12.5 Å². The Labute approximate surface area is 97.9 Å². The van der Waals surface area contributed by atoms with Crippen LogP contribution in [0.3, 0.4) is 0 Å². The average Bonchev–Trinajstić information content (AvgIpc) is 2.32. The predicted octanol–water partition coefficient (Wildman–Crippen LogP) is 0.782. The van der Waals surface area contributed by atoms with Gasteiger partial charge in [0.25, 0.3) is 0 Å². The average molecular weight is 220 g/mol. The van der Waals surface area contributed by atoms with Gasteiger partial charge in [0.15, 0.2) is 0 Å². The molecule has 1 unspecified atom stereocenters. The Morgan fingerprint density at radius 3 is 2.75 bits per heavy atom. The maximum absolute atomic E-state index is 9.20. The Hall–Kier alpha value is -0.860. The molecule has 0 radical (unpaired) electrons. The van der Waals surface area contributed by atoms with Gasteiger partial charge in [-0.3, -0.25) is 0 Å². The van der Waals surface area contributed by atoms with Crippen molar-refractivity contribution >= 4 is 0 Å². The normalized spacial score (nSPS) is 25.6. The van der Waals surface area contributed by atoms with Crippen LogP contribution in [0.2, 0.25) is 0 Å². The van der Waals surface area contributed by atoms with Gasteiger partial charge in [-0.15, -0.1) is 0 Å². The number of aryl methyl sites for hydroxylation is 1. The molecule has 2 nitrogen and oxygen atoms in total. The molecular weight excluding hydrogens is 198 g/mol. The summed E-state index contributed by atoms with van der Waals surface area (Å²) < 4.78 is 0. The van der Waals surface area contributed by atoms with Gasteiger partial charge in [-0.05, 0) is 19.8 Å². The number of likely N-dealkylation sites (tertiary alicyclic amines) is 1. The van der Waals surface area contributed by atoms with E-state index in [1.54, 1.807) is 4.90 Å². The molecule has 0 bridgehead atoms. The summed E-state index contributed by atoms with van der Waals surface area (Å²) in [4.78, 5) is 1.62. The number of piperidine rings is 1. The molecule has 2 atom stereocenters. The highest BCUT2D eigenvalue weighted by atomic mass is 16.3. The topological polar surface area (TPSA) is 24.7 Å². The molecule has 0 aromatic heterocycles. The number of benzene rings is 1. The standard InChI is InChI=1S/C14H21NO/c1-12-4-6-13(7-5-12)9-15-8-2-3-14(10-15)11-16/h4-7,14,16H,2-3,8-11H2,1H3/p+1/t14-/m0/s1. The Morgan fingerprint density at radius 1 is 1.31 bits per heavy atom. The molecule has 1 aromatic rings. The maximum Gasteiger partial charge on any atom is 0.103 e. The van der Waals surface area contributed by atoms with Crippen LogP contribution < -0.4 is 4.90 Å². The summed E-state index contributed by atoms with van der Waals surface area (Å²) in [5.41, 5.74) is 2.74. The molecule has 0 amide bonds. The van der Waals surface area contributed by atoms with E-state index in [9.17, 15) is 5.11 Å². The minimum atomic E-state index is 0.359. The summed E-state index contributed by atoms with van der Waals surface area (Å²) in [6.07, 6.45) is 2.46. The third-order valence-corrected chi connectivity index (χ3v) is 3.55. The molecule has 1 saturated heterocycles. The molecule has 1 aliphatic heterocycles. The van der Waals surface area contributed by atoms with E-state index in [1.807, 2.05) is 0 Å². The van der Waals surface area contributed by atoms with E-state index in [-0.39, 0.29) is 0 Å². The summed E-state index contributed by atoms with van der Waals surface area (Å²) in [6, 6.07) is 8.82. The van der Waals surface area contributed by atoms with Crippen molar-refractivity contribution in [2.24, 2.45) is 5.92 Å². The Balaban J connectivity index is 1.91. The highest BCUT2D eigenvalue weighted by Crippen LogP contribution is 2.07. The number of quaternary nitrogens is 1. The summed E-state index contributed by atoms with van der Waals surface area (Å²) in [5.74, 6) is 0.522. The fourth-order valence-corrected chi connectivity index (χ4v) is 2.56. The zero-order chi connectivity index (χ0) is 11.4. The number of hydrogen-bond acceptors (Lipinski definition) is 1. The predicted molar refractivity (Wildman–Crippen MR) is 65.4 cm³/mol. The van der Waals surface area contributed by atoms with Gasteiger partial charge in [0, 0.05) is 11.5 Å². The first-order valence-corrected chi connectivity index (χ1v) is 6.28. The fraction of sp³-hybridized carbons (Fsp3) is 0.571. The summed E-state index contributed by atoms with van der Waals surface area (Å²) in [7, 11) is 0. The van der Waals surface area contributed by atoms with Gasteiger partial charge in [0.05, 0.1) is 19.7 Å². The third-order valence-electron chi connectivity index (χ3n) is 3.55. The van der Waals surface area contributed by atoms with Gasteiger partial charge >= 0.3 is 0 Å². The molecule has 2 N–H and O–H groups in total. The second kappa shape index (κ2) is 5.46. The lowest BCUT2D eigenvalue weighted by Crippen LogP contribution is -3.12. The van der Waals surface area contributed by atoms with Crippen LogP contribution in [-0.4, -0.2) is 24.8 Å². The monoisotopic (exact) mass is 220 g/mol. The number of rotatable bonds is 3. The van der Waals surface area contributed by atoms with Crippen molar-refractivity contribution < 1.29 is 10.0 Å². The highest BCUT2D eigenvalue weighted by molar-refractivity contribution is 5.20. The second-order valence-corrected chi connectivity index (χ2v) is 5.06. The zero-order valence-electron chi connectivity index (χ0n) is 10.1. The molecule has 0 aliphatic carbocycles. The largest absolute Gasteiger partial charge is 0.396 e. The lowest BCUT2D eigenvalue weighted by Gasteiger charge is -2.28. The van der Waals surface area contributed by atoms with Crippen molar-refractivity contribution in [1.82, 2.24) is 0 Å². The molecule has 0 saturated carbocycles. The van der Waals surface area contributed by atoms with Gasteiger partial charge < -0.3 is 10.0 Å². The Bertz CT molecular complexity index is 320. The van der Waals surface area contributed by atoms with Crippen LogP contribution in [-0.2, 0) is 6.54 Å². The number of nitrogens with one attached hydrogen (secondary N) is 1. The van der Waals surface area contributed by atoms with Crippen LogP contribution in [0.25, 0.3) is 0 Å². The second-order valence-electron chi connectivity index (χ2n) is 5.06. The molecule has 88 valence electrons. The first-order valence-electron chi connectivity index (χ1n) is 6.28. The fourth-order valence-electron chi connectivity index (χ4n) is 2.56. The van der Waals surface area contributed by atoms with Crippen LogP contribution >= 0.6 is 0 Å². The summed E-state index contributed by atoms with van der Waals surface area (Å²) in [5, 5.41) is 9.20. The quantitative estimate of drug-likeness (QED) is 0.773. The number of aliphatic hydroxyl groups excluding tert-OH is 1. The molecule has 2 rings (SSSR count). The number of aliphatic hydroxyl groups is 1. The van der Waals surface area contributed by atoms with Gasteiger partial charge in [0.2, 0.25) is 0 Å². The first-order chi connectivity index (χ1) is 7.78. The van der Waals surface area contributed by atoms with Crippen LogP contribution in [0.15, 0.2) is 24.3 Å². The van der Waals surface area contributed by atoms with E-state index >= 15 is 0 Å². The Kier molecular flexibility index (Phi) is 3.97. The van der Waals surface area contributed by atoms with E-state index in [0.717, 1.165) is 13.1 Å². The van der Waals surface area contributed by atoms with Crippen molar-refractivity contribution in [2.75, 3.05) is 19.7 Å². The van der Waals surface area contributed by atoms with E-state index in [4.69, 9.17) is 0 Å². The number of hydrogen-bond donors (Lipinski definition) is 2. The minimum absolute atomic E-state index is 0.359. The third kappa shape index (κ3) is 3.06. The van der Waals surface area contributed by atoms with Crippen molar-refractivity contribution in [2.45, 2.75) is 26.3 Å². The lowest BCUT2D eigenvalue weighted by molar-refractivity contribution is -0.922. The van der Waals surface area contributed by atoms with Gasteiger partial charge in [-0.2, -0.15) is 0 Å². The van der Waals surface area contributed by atoms with Gasteiger partial charge in [0.1, 0.15) is 6.54 Å². The van der Waals surface area contributed by atoms with Crippen molar-refractivity contribution in [1.29, 1.82) is 0 Å². The molecular formula is C14H22NO+. The SMILES string of the molecule is Cc1ccc(C[NH+]2CCC[C@H](CO)C2)cc1. The van der Waals surface area contributed by atoms with Crippen LogP contribution in [0, 0.1) is 12.8 Å². The first kappa shape index (κ1) is 11.6. The summed E-state index contributed by atoms with van der Waals surface area (Å²) >= 11 is 0. The molecule has 1 fully saturated rings. The molecule has 0 spiro atoms. The van der Waals surface area contributed by atoms with Crippen molar-refractivity contribution in [3.63, 3.8) is 0 Å². The lowest BCUT2D eigenvalue weighted by atomic mass is 9.98. The van der Waals surface area contributed by atoms with Crippen molar-refractivity contribution in [3.8, 4) is 0 Å². The van der Waals surface area contributed by atoms with Crippen LogP contribution in [0.5, 0.6) is 0 Å². The zero-order valence-corrected chi connectivity index (χ0v) is 10.1. The van der Waals surface area contributed by atoms with E-state index in [1.165, 1.54) is 30.5 Å². The Morgan fingerprint density at radius 2 is 2.06 bits per heavy atom. The summed E-state index contributed by atoms with van der Waals surface area (Å²) in [6.45, 7) is 5.97. The van der Waals surface area contributed by atoms with Crippen LogP contribution in [0.1, 0.15) is 24.0 Å². The molecule has 1 aliphatic rings. The van der Waals surface area contributed by atoms with Crippen molar-refractivity contribution in [3.05, 3.63) is 35.4 Å². The molecule has 2 heteroatoms. The van der Waals surface area contributed by atoms with Gasteiger partial charge in [-0.25, -0.2) is 0 Å². The molecule has 1 aromatic carbocycles. The van der Waals surface area contributed by atoms with Gasteiger partial charge in [-0.1, -0.05) is 29.8 Å². The molecule has 1 heterocycles. The smallest absolute Gasteiger partial charge is 0.103 e. The van der Waals surface area contributed by atoms with Crippen LogP contribution in [0.4, 0.5) is 0 Å². The maximum atomic E-state index is 9.20.